The zero-order valence-corrected chi connectivity index (χ0v) is 14.9. The second kappa shape index (κ2) is 6.37. The molecule has 1 heterocycles. The molecule has 1 N–H and O–H groups in total. The Hall–Kier alpha value is -2.60. The van der Waals surface area contributed by atoms with Crippen molar-refractivity contribution < 1.29 is 9.47 Å². The summed E-state index contributed by atoms with van der Waals surface area (Å²) >= 11 is 5.49. The number of ether oxygens (including phenoxy) is 2. The summed E-state index contributed by atoms with van der Waals surface area (Å²) in [5.41, 5.74) is 2.18. The highest BCUT2D eigenvalue weighted by atomic mass is 32.1. The molecular weight excluding hydrogens is 334 g/mol. The molecule has 0 radical (unpaired) electrons. The van der Waals surface area contributed by atoms with Crippen molar-refractivity contribution in [3.8, 4) is 17.2 Å². The molecule has 25 heavy (non-hydrogen) atoms. The van der Waals surface area contributed by atoms with E-state index in [-0.39, 0.29) is 0 Å². The average molecular weight is 353 g/mol. The first-order chi connectivity index (χ1) is 12.2. The molecular formula is C19H19N3O2S. The molecule has 1 aliphatic rings. The fourth-order valence-corrected chi connectivity index (χ4v) is 3.55. The van der Waals surface area contributed by atoms with E-state index in [1.54, 1.807) is 14.2 Å². The van der Waals surface area contributed by atoms with Crippen molar-refractivity contribution in [2.24, 2.45) is 0 Å². The topological polar surface area (TPSA) is 52.1 Å². The lowest BCUT2D eigenvalue weighted by Crippen LogP contribution is -2.04. The summed E-state index contributed by atoms with van der Waals surface area (Å²) in [6, 6.07) is 16.2. The molecule has 0 aliphatic heterocycles. The van der Waals surface area contributed by atoms with Gasteiger partial charge in [-0.2, -0.15) is 5.10 Å². The van der Waals surface area contributed by atoms with Gasteiger partial charge < -0.3 is 9.47 Å². The molecule has 1 fully saturated rings. The van der Waals surface area contributed by atoms with Gasteiger partial charge in [0.15, 0.2) is 4.77 Å². The van der Waals surface area contributed by atoms with Crippen LogP contribution in [0.5, 0.6) is 11.5 Å². The summed E-state index contributed by atoms with van der Waals surface area (Å²) in [7, 11) is 3.30. The number of H-pyrrole nitrogens is 1. The molecule has 0 bridgehead atoms. The summed E-state index contributed by atoms with van der Waals surface area (Å²) < 4.78 is 13.4. The highest BCUT2D eigenvalue weighted by molar-refractivity contribution is 7.71. The number of aromatic amines is 1. The Balaban J connectivity index is 1.76. The molecule has 5 nitrogen and oxygen atoms in total. The van der Waals surface area contributed by atoms with Gasteiger partial charge in [-0.05, 0) is 42.3 Å². The molecule has 6 heteroatoms. The lowest BCUT2D eigenvalue weighted by atomic mass is 10.1. The maximum absolute atomic E-state index is 5.53. The third kappa shape index (κ3) is 2.82. The molecule has 1 aliphatic carbocycles. The second-order valence-corrected chi connectivity index (χ2v) is 6.51. The molecule has 0 amide bonds. The van der Waals surface area contributed by atoms with Crippen LogP contribution >= 0.6 is 12.2 Å². The number of hydrogen-bond donors (Lipinski definition) is 1. The summed E-state index contributed by atoms with van der Waals surface area (Å²) in [4.78, 5) is 0. The summed E-state index contributed by atoms with van der Waals surface area (Å²) in [5.74, 6) is 3.23. The predicted molar refractivity (Wildman–Crippen MR) is 98.4 cm³/mol. The smallest absolute Gasteiger partial charge is 0.200 e. The van der Waals surface area contributed by atoms with Crippen LogP contribution in [0.1, 0.15) is 29.6 Å². The minimum Gasteiger partial charge on any atom is -0.497 e. The zero-order chi connectivity index (χ0) is 17.4. The van der Waals surface area contributed by atoms with Gasteiger partial charge in [-0.25, -0.2) is 0 Å². The van der Waals surface area contributed by atoms with Gasteiger partial charge in [-0.3, -0.25) is 9.67 Å². The number of hydrogen-bond acceptors (Lipinski definition) is 4. The van der Waals surface area contributed by atoms with E-state index in [0.717, 1.165) is 29.4 Å². The number of nitrogens with zero attached hydrogens (tertiary/aromatic N) is 2. The maximum Gasteiger partial charge on any atom is 0.200 e. The van der Waals surface area contributed by atoms with E-state index in [9.17, 15) is 0 Å². The van der Waals surface area contributed by atoms with Gasteiger partial charge in [0, 0.05) is 12.0 Å². The van der Waals surface area contributed by atoms with Gasteiger partial charge in [0.25, 0.3) is 0 Å². The van der Waals surface area contributed by atoms with Gasteiger partial charge in [0.05, 0.1) is 19.9 Å². The van der Waals surface area contributed by atoms with Crippen LogP contribution in [-0.4, -0.2) is 29.0 Å². The van der Waals surface area contributed by atoms with Crippen LogP contribution in [0.4, 0.5) is 0 Å². The van der Waals surface area contributed by atoms with Crippen molar-refractivity contribution in [3.05, 3.63) is 64.7 Å². The minimum absolute atomic E-state index is 0.339. The SMILES string of the molecule is COc1ccc(OC)c(-n2c(C3C[C@H]3c3ccccc3)n[nH]c2=S)c1. The van der Waals surface area contributed by atoms with E-state index in [4.69, 9.17) is 21.7 Å². The van der Waals surface area contributed by atoms with Crippen LogP contribution in [0.15, 0.2) is 48.5 Å². The maximum atomic E-state index is 5.53. The Morgan fingerprint density at radius 1 is 1.08 bits per heavy atom. The Bertz CT molecular complexity index is 949. The normalized spacial score (nSPS) is 18.8. The van der Waals surface area contributed by atoms with Crippen molar-refractivity contribution in [1.29, 1.82) is 0 Å². The van der Waals surface area contributed by atoms with Crippen LogP contribution < -0.4 is 9.47 Å². The van der Waals surface area contributed by atoms with Crippen molar-refractivity contribution in [3.63, 3.8) is 0 Å². The molecule has 128 valence electrons. The number of benzene rings is 2. The van der Waals surface area contributed by atoms with Crippen molar-refractivity contribution in [2.75, 3.05) is 14.2 Å². The number of aromatic nitrogens is 3. The van der Waals surface area contributed by atoms with Crippen molar-refractivity contribution in [2.45, 2.75) is 18.3 Å². The number of methoxy groups -OCH3 is 2. The quantitative estimate of drug-likeness (QED) is 0.698. The number of nitrogens with one attached hydrogen (secondary N) is 1. The molecule has 0 saturated heterocycles. The van der Waals surface area contributed by atoms with Crippen molar-refractivity contribution >= 4 is 12.2 Å². The molecule has 3 aromatic rings. The van der Waals surface area contributed by atoms with Gasteiger partial charge in [-0.1, -0.05) is 30.3 Å². The van der Waals surface area contributed by atoms with Crippen molar-refractivity contribution in [1.82, 2.24) is 14.8 Å². The van der Waals surface area contributed by atoms with E-state index in [0.29, 0.717) is 16.6 Å². The third-order valence-electron chi connectivity index (χ3n) is 4.68. The average Bonchev–Trinajstić information content (AvgIpc) is 3.37. The monoisotopic (exact) mass is 353 g/mol. The van der Waals surface area contributed by atoms with E-state index in [1.807, 2.05) is 28.8 Å². The fraction of sp³-hybridized carbons (Fsp3) is 0.263. The first-order valence-electron chi connectivity index (χ1n) is 8.17. The highest BCUT2D eigenvalue weighted by Crippen LogP contribution is 2.54. The van der Waals surface area contributed by atoms with E-state index < -0.39 is 0 Å². The fourth-order valence-electron chi connectivity index (χ4n) is 3.31. The Morgan fingerprint density at radius 2 is 1.88 bits per heavy atom. The molecule has 1 saturated carbocycles. The van der Waals surface area contributed by atoms with Gasteiger partial charge in [0.1, 0.15) is 17.3 Å². The molecule has 2 atom stereocenters. The summed E-state index contributed by atoms with van der Waals surface area (Å²) in [6.07, 6.45) is 1.07. The third-order valence-corrected chi connectivity index (χ3v) is 4.95. The van der Waals surface area contributed by atoms with E-state index in [1.165, 1.54) is 5.56 Å². The second-order valence-electron chi connectivity index (χ2n) is 6.12. The van der Waals surface area contributed by atoms with E-state index >= 15 is 0 Å². The Morgan fingerprint density at radius 3 is 2.60 bits per heavy atom. The molecule has 2 aromatic carbocycles. The van der Waals surface area contributed by atoms with Crippen LogP contribution in [-0.2, 0) is 0 Å². The first-order valence-corrected chi connectivity index (χ1v) is 8.58. The molecule has 4 rings (SSSR count). The van der Waals surface area contributed by atoms with Gasteiger partial charge >= 0.3 is 0 Å². The Labute approximate surface area is 151 Å². The lowest BCUT2D eigenvalue weighted by Gasteiger charge is -2.13. The minimum atomic E-state index is 0.339. The first kappa shape index (κ1) is 15.9. The van der Waals surface area contributed by atoms with Crippen LogP contribution in [0.2, 0.25) is 0 Å². The van der Waals surface area contributed by atoms with Crippen LogP contribution in [0.3, 0.4) is 0 Å². The standard InChI is InChI=1S/C19H19N3O2S/c1-23-13-8-9-17(24-2)16(10-13)22-18(20-21-19(22)25)15-11-14(15)12-6-4-3-5-7-12/h3-10,14-15H,11H2,1-2H3,(H,21,25)/t14-,15?/m0/s1. The predicted octanol–water partition coefficient (Wildman–Crippen LogP) is 4.22. The highest BCUT2D eigenvalue weighted by Gasteiger charge is 2.43. The number of rotatable bonds is 5. The van der Waals surface area contributed by atoms with Gasteiger partial charge in [-0.15, -0.1) is 0 Å². The molecule has 0 spiro atoms. The zero-order valence-electron chi connectivity index (χ0n) is 14.1. The lowest BCUT2D eigenvalue weighted by molar-refractivity contribution is 0.401. The summed E-state index contributed by atoms with van der Waals surface area (Å²) in [6.45, 7) is 0. The van der Waals surface area contributed by atoms with Crippen LogP contribution in [0.25, 0.3) is 5.69 Å². The van der Waals surface area contributed by atoms with E-state index in [2.05, 4.69) is 34.5 Å². The largest absolute Gasteiger partial charge is 0.497 e. The van der Waals surface area contributed by atoms with Gasteiger partial charge in [0.2, 0.25) is 0 Å². The Kier molecular flexibility index (Phi) is 4.05. The summed E-state index contributed by atoms with van der Waals surface area (Å²) in [5, 5.41) is 7.45. The molecule has 1 unspecified atom stereocenters. The van der Waals surface area contributed by atoms with Crippen LogP contribution in [0, 0.1) is 4.77 Å². The molecule has 1 aromatic heterocycles.